The molecule has 3 aromatic rings. The number of piperazine rings is 1. The molecule has 0 bridgehead atoms. The second kappa shape index (κ2) is 9.24. The van der Waals surface area contributed by atoms with Gasteiger partial charge in [-0.25, -0.2) is 14.2 Å². The van der Waals surface area contributed by atoms with E-state index in [1.54, 1.807) is 19.1 Å². The second-order valence-electron chi connectivity index (χ2n) is 8.45. The van der Waals surface area contributed by atoms with E-state index in [-0.39, 0.29) is 30.2 Å². The highest BCUT2D eigenvalue weighted by Gasteiger charge is 2.36. The Morgan fingerprint density at radius 3 is 2.94 bits per heavy atom. The number of carbonyl (C=O) groups excluding carboxylic acids is 1. The molecule has 174 valence electrons. The lowest BCUT2D eigenvalue weighted by atomic mass is 9.98. The maximum Gasteiger partial charge on any atom is 0.228 e. The van der Waals surface area contributed by atoms with Crippen LogP contribution in [0.15, 0.2) is 36.7 Å². The lowest BCUT2D eigenvalue weighted by molar-refractivity contribution is -0.139. The number of pyridine rings is 1. The van der Waals surface area contributed by atoms with Gasteiger partial charge in [0, 0.05) is 26.2 Å². The number of nitrogens with zero attached hydrogens (tertiary/aromatic N) is 8. The zero-order valence-electron chi connectivity index (χ0n) is 18.6. The molecular formula is C23H23FN8O2. The monoisotopic (exact) mass is 462 g/mol. The Hall–Kier alpha value is -3.75. The predicted molar refractivity (Wildman–Crippen MR) is 119 cm³/mol. The Bertz CT molecular complexity index is 1240. The fourth-order valence-corrected chi connectivity index (χ4v) is 4.59. The van der Waals surface area contributed by atoms with Crippen molar-refractivity contribution in [2.24, 2.45) is 0 Å². The normalized spacial score (nSPS) is 20.6. The van der Waals surface area contributed by atoms with E-state index in [9.17, 15) is 9.18 Å². The third kappa shape index (κ3) is 4.25. The van der Waals surface area contributed by atoms with Crippen LogP contribution in [0.4, 0.5) is 10.1 Å². The molecule has 0 N–H and O–H groups in total. The third-order valence-corrected chi connectivity index (χ3v) is 6.44. The Morgan fingerprint density at radius 2 is 2.15 bits per heavy atom. The van der Waals surface area contributed by atoms with Crippen LogP contribution in [0.1, 0.15) is 22.9 Å². The van der Waals surface area contributed by atoms with Crippen LogP contribution >= 0.6 is 0 Å². The van der Waals surface area contributed by atoms with E-state index in [1.807, 2.05) is 17.0 Å². The number of benzene rings is 1. The minimum atomic E-state index is -0.505. The molecule has 10 nitrogen and oxygen atoms in total. The van der Waals surface area contributed by atoms with Gasteiger partial charge in [-0.1, -0.05) is 12.1 Å². The third-order valence-electron chi connectivity index (χ3n) is 6.44. The number of tetrazole rings is 1. The van der Waals surface area contributed by atoms with Gasteiger partial charge in [0.1, 0.15) is 12.1 Å². The van der Waals surface area contributed by atoms with Crippen molar-refractivity contribution in [3.05, 3.63) is 70.7 Å². The average Bonchev–Trinajstić information content (AvgIpc) is 3.39. The van der Waals surface area contributed by atoms with E-state index in [0.29, 0.717) is 43.3 Å². The van der Waals surface area contributed by atoms with Gasteiger partial charge in [-0.05, 0) is 46.7 Å². The van der Waals surface area contributed by atoms with Gasteiger partial charge in [0.2, 0.25) is 11.6 Å². The topological polar surface area (TPSA) is 93.6 Å². The van der Waals surface area contributed by atoms with E-state index in [1.165, 1.54) is 17.1 Å². The number of hydrogen-bond donors (Lipinski definition) is 0. The molecule has 0 spiro atoms. The van der Waals surface area contributed by atoms with E-state index >= 15 is 0 Å². The molecule has 2 aromatic heterocycles. The van der Waals surface area contributed by atoms with Gasteiger partial charge in [0.15, 0.2) is 5.82 Å². The van der Waals surface area contributed by atoms with Crippen molar-refractivity contribution in [2.45, 2.75) is 25.5 Å². The molecule has 34 heavy (non-hydrogen) atoms. The summed E-state index contributed by atoms with van der Waals surface area (Å²) >= 11 is 0. The highest BCUT2D eigenvalue weighted by molar-refractivity contribution is 5.78. The number of morpholine rings is 1. The zero-order valence-corrected chi connectivity index (χ0v) is 18.6. The molecule has 0 aliphatic carbocycles. The quantitative estimate of drug-likeness (QED) is 0.547. The largest absolute Gasteiger partial charge is 0.371 e. The van der Waals surface area contributed by atoms with Crippen LogP contribution in [-0.4, -0.2) is 79.7 Å². The summed E-state index contributed by atoms with van der Waals surface area (Å²) in [4.78, 5) is 25.0. The van der Waals surface area contributed by atoms with Gasteiger partial charge in [-0.15, -0.1) is 5.10 Å². The molecule has 1 amide bonds. The maximum absolute atomic E-state index is 13.9. The first-order valence-corrected chi connectivity index (χ1v) is 11.0. The van der Waals surface area contributed by atoms with Crippen LogP contribution < -0.4 is 0 Å². The van der Waals surface area contributed by atoms with Crippen LogP contribution in [0.5, 0.6) is 0 Å². The number of halogens is 1. The van der Waals surface area contributed by atoms with Crippen molar-refractivity contribution in [3.8, 4) is 5.82 Å². The van der Waals surface area contributed by atoms with Gasteiger partial charge in [0.25, 0.3) is 0 Å². The fourth-order valence-electron chi connectivity index (χ4n) is 4.59. The summed E-state index contributed by atoms with van der Waals surface area (Å²) in [5.41, 5.74) is 2.18. The first-order valence-electron chi connectivity index (χ1n) is 11.0. The summed E-state index contributed by atoms with van der Waals surface area (Å²) in [6, 6.07) is 8.57. The molecule has 0 radical (unpaired) electrons. The molecule has 0 unspecified atom stereocenters. The summed E-state index contributed by atoms with van der Waals surface area (Å²) in [5, 5.41) is 11.1. The van der Waals surface area contributed by atoms with Crippen LogP contribution in [0.2, 0.25) is 0 Å². The highest BCUT2D eigenvalue weighted by atomic mass is 19.1. The van der Waals surface area contributed by atoms with E-state index in [2.05, 4.69) is 30.3 Å². The van der Waals surface area contributed by atoms with Crippen LogP contribution in [0, 0.1) is 19.3 Å². The Morgan fingerprint density at radius 1 is 1.26 bits per heavy atom. The molecule has 2 saturated heterocycles. The van der Waals surface area contributed by atoms with E-state index in [4.69, 9.17) is 11.3 Å². The van der Waals surface area contributed by atoms with Gasteiger partial charge in [0.05, 0.1) is 37.4 Å². The minimum absolute atomic E-state index is 0.0132. The number of ether oxygens (including phenoxy) is 1. The summed E-state index contributed by atoms with van der Waals surface area (Å²) in [6.45, 7) is 12.0. The van der Waals surface area contributed by atoms with Crippen LogP contribution in [0.25, 0.3) is 10.7 Å². The first-order chi connectivity index (χ1) is 16.5. The van der Waals surface area contributed by atoms with Gasteiger partial charge in [-0.3, -0.25) is 9.69 Å². The minimum Gasteiger partial charge on any atom is -0.371 e. The molecule has 5 rings (SSSR count). The standard InChI is InChI=1S/C23H23FN8O2/c1-15-18(6-7-19(24)23(15)25-2)20-12-30-8-9-31(11-17(30)13-34-20)22(33)10-16-4-3-5-21(27-16)32-14-26-28-29-32/h3-7,14,17,20H,8-13H2,1H3/t17-,20-/m1/s1. The Labute approximate surface area is 195 Å². The van der Waals surface area contributed by atoms with Gasteiger partial charge >= 0.3 is 0 Å². The van der Waals surface area contributed by atoms with Crippen molar-refractivity contribution in [2.75, 3.05) is 32.8 Å². The molecule has 11 heteroatoms. The number of hydrogen-bond acceptors (Lipinski definition) is 7. The molecule has 1 aromatic carbocycles. The summed E-state index contributed by atoms with van der Waals surface area (Å²) < 4.78 is 21.5. The van der Waals surface area contributed by atoms with E-state index < -0.39 is 5.82 Å². The molecule has 0 saturated carbocycles. The number of carbonyl (C=O) groups is 1. The Balaban J connectivity index is 1.22. The molecular weight excluding hydrogens is 439 g/mol. The summed E-state index contributed by atoms with van der Waals surface area (Å²) in [6.07, 6.45) is 1.43. The number of fused-ring (bicyclic) bond motifs is 1. The Kier molecular flexibility index (Phi) is 6.00. The number of amides is 1. The van der Waals surface area contributed by atoms with Crippen molar-refractivity contribution in [3.63, 3.8) is 0 Å². The summed E-state index contributed by atoms with van der Waals surface area (Å²) in [7, 11) is 0. The fraction of sp³-hybridized carbons (Fsp3) is 0.391. The first kappa shape index (κ1) is 22.1. The average molecular weight is 462 g/mol. The number of rotatable bonds is 4. The zero-order chi connectivity index (χ0) is 23.7. The van der Waals surface area contributed by atoms with E-state index in [0.717, 1.165) is 12.1 Å². The van der Waals surface area contributed by atoms with Gasteiger partial charge in [-0.2, -0.15) is 4.68 Å². The SMILES string of the molecule is [C-]#[N+]c1c(F)ccc([C@H]2CN3CCN(C(=O)Cc4cccc(-n5cnnn5)n4)C[C@@H]3CO2)c1C. The van der Waals surface area contributed by atoms with Crippen LogP contribution in [-0.2, 0) is 16.0 Å². The molecule has 2 aliphatic heterocycles. The van der Waals surface area contributed by atoms with Crippen molar-refractivity contribution in [1.82, 2.24) is 35.0 Å². The molecule has 2 atom stereocenters. The second-order valence-corrected chi connectivity index (χ2v) is 8.45. The van der Waals surface area contributed by atoms with Crippen molar-refractivity contribution >= 4 is 11.6 Å². The van der Waals surface area contributed by atoms with Crippen LogP contribution in [0.3, 0.4) is 0 Å². The smallest absolute Gasteiger partial charge is 0.228 e. The predicted octanol–water partition coefficient (Wildman–Crippen LogP) is 1.88. The van der Waals surface area contributed by atoms with Gasteiger partial charge < -0.3 is 9.64 Å². The lowest BCUT2D eigenvalue weighted by Crippen LogP contribution is -2.59. The highest BCUT2D eigenvalue weighted by Crippen LogP contribution is 2.34. The summed E-state index contributed by atoms with van der Waals surface area (Å²) in [5.74, 6) is 0.0681. The van der Waals surface area contributed by atoms with Crippen molar-refractivity contribution in [1.29, 1.82) is 0 Å². The molecule has 2 fully saturated rings. The molecule has 4 heterocycles. The lowest BCUT2D eigenvalue weighted by Gasteiger charge is -2.46. The van der Waals surface area contributed by atoms with Crippen molar-refractivity contribution < 1.29 is 13.9 Å². The molecule has 2 aliphatic rings. The number of aromatic nitrogens is 5. The maximum atomic E-state index is 13.9.